The molecule has 0 saturated heterocycles. The lowest BCUT2D eigenvalue weighted by atomic mass is 9.98. The summed E-state index contributed by atoms with van der Waals surface area (Å²) in [4.78, 5) is 12.1. The van der Waals surface area contributed by atoms with E-state index < -0.39 is 24.1 Å². The number of carboxylic acid groups (broad SMARTS) is 1. The van der Waals surface area contributed by atoms with Crippen LogP contribution < -0.4 is 14.2 Å². The van der Waals surface area contributed by atoms with Crippen molar-refractivity contribution < 1.29 is 34.0 Å². The zero-order valence-corrected chi connectivity index (χ0v) is 18.8. The minimum Gasteiger partial charge on any atom is -0.508 e. The zero-order chi connectivity index (χ0) is 23.7. The summed E-state index contributed by atoms with van der Waals surface area (Å²) in [6.45, 7) is 0.173. The molecule has 0 bridgehead atoms. The average Bonchev–Trinajstić information content (AvgIpc) is 3.46. The van der Waals surface area contributed by atoms with Gasteiger partial charge in [-0.2, -0.15) is 0 Å². The van der Waals surface area contributed by atoms with Crippen LogP contribution in [0.3, 0.4) is 0 Å². The van der Waals surface area contributed by atoms with Gasteiger partial charge in [0, 0.05) is 6.07 Å². The maximum Gasteiger partial charge on any atom is 0.309 e. The molecule has 0 saturated carbocycles. The summed E-state index contributed by atoms with van der Waals surface area (Å²) in [7, 11) is 1.57. The van der Waals surface area contributed by atoms with Crippen LogP contribution in [0, 0.1) is 5.92 Å². The van der Waals surface area contributed by atoms with Crippen molar-refractivity contribution in [2.24, 2.45) is 5.92 Å². The van der Waals surface area contributed by atoms with Crippen LogP contribution in [0.15, 0.2) is 60.7 Å². The molecule has 5 rings (SSSR count). The van der Waals surface area contributed by atoms with Crippen LogP contribution in [-0.4, -0.2) is 30.1 Å². The molecule has 3 unspecified atom stereocenters. The van der Waals surface area contributed by atoms with E-state index in [-0.39, 0.29) is 12.5 Å². The Balaban J connectivity index is 1.46. The van der Waals surface area contributed by atoms with E-state index in [0.717, 1.165) is 22.3 Å². The minimum absolute atomic E-state index is 0.135. The summed E-state index contributed by atoms with van der Waals surface area (Å²) < 4.78 is 23.1. The minimum atomic E-state index is -0.870. The van der Waals surface area contributed by atoms with Crippen LogP contribution in [0.4, 0.5) is 0 Å². The lowest BCUT2D eigenvalue weighted by Gasteiger charge is -2.26. The first-order valence-electron chi connectivity index (χ1n) is 11.2. The smallest absolute Gasteiger partial charge is 0.309 e. The van der Waals surface area contributed by atoms with Crippen molar-refractivity contribution >= 4 is 5.97 Å². The quantitative estimate of drug-likeness (QED) is 0.496. The van der Waals surface area contributed by atoms with Crippen molar-refractivity contribution in [1.29, 1.82) is 0 Å². The number of methoxy groups -OCH3 is 1. The van der Waals surface area contributed by atoms with Gasteiger partial charge in [0.15, 0.2) is 11.5 Å². The molecule has 7 heteroatoms. The predicted molar refractivity (Wildman–Crippen MR) is 123 cm³/mol. The van der Waals surface area contributed by atoms with E-state index in [4.69, 9.17) is 18.9 Å². The summed E-state index contributed by atoms with van der Waals surface area (Å²) in [5.74, 6) is 0.533. The number of ether oxygens (including phenoxy) is 4. The second-order valence-electron chi connectivity index (χ2n) is 8.54. The molecule has 7 nitrogen and oxygen atoms in total. The molecule has 0 spiro atoms. The number of phenols is 1. The maximum absolute atomic E-state index is 12.1. The number of fused-ring (bicyclic) bond motifs is 2. The molecule has 2 N–H and O–H groups in total. The molecule has 176 valence electrons. The molecular formula is C27H26O7. The number of carbonyl (C=O) groups is 1. The third-order valence-electron chi connectivity index (χ3n) is 6.51. The Morgan fingerprint density at radius 3 is 2.74 bits per heavy atom. The van der Waals surface area contributed by atoms with E-state index in [2.05, 4.69) is 0 Å². The molecule has 0 aromatic heterocycles. The summed E-state index contributed by atoms with van der Waals surface area (Å²) in [6, 6.07) is 18.5. The van der Waals surface area contributed by atoms with Crippen molar-refractivity contribution in [3.05, 3.63) is 82.9 Å². The maximum atomic E-state index is 12.1. The molecular weight excluding hydrogens is 436 g/mol. The van der Waals surface area contributed by atoms with Crippen LogP contribution in [-0.2, 0) is 22.4 Å². The van der Waals surface area contributed by atoms with Gasteiger partial charge in [0.1, 0.15) is 11.5 Å². The number of aliphatic carboxylic acids is 1. The van der Waals surface area contributed by atoms with Gasteiger partial charge >= 0.3 is 5.97 Å². The van der Waals surface area contributed by atoms with Gasteiger partial charge in [-0.25, -0.2) is 0 Å². The van der Waals surface area contributed by atoms with Gasteiger partial charge in [-0.1, -0.05) is 36.4 Å². The van der Waals surface area contributed by atoms with Crippen LogP contribution >= 0.6 is 0 Å². The van der Waals surface area contributed by atoms with Crippen LogP contribution in [0.1, 0.15) is 40.9 Å². The number of rotatable bonds is 8. The van der Waals surface area contributed by atoms with E-state index in [1.54, 1.807) is 19.2 Å². The Hall–Kier alpha value is -3.71. The number of benzene rings is 3. The predicted octanol–water partition coefficient (Wildman–Crippen LogP) is 4.82. The fraction of sp³-hybridized carbons (Fsp3) is 0.296. The van der Waals surface area contributed by atoms with Crippen LogP contribution in [0.5, 0.6) is 23.0 Å². The van der Waals surface area contributed by atoms with Crippen molar-refractivity contribution in [3.8, 4) is 23.0 Å². The normalized spacial score (nSPS) is 19.0. The molecule has 1 aliphatic carbocycles. The van der Waals surface area contributed by atoms with E-state index in [0.29, 0.717) is 36.5 Å². The highest BCUT2D eigenvalue weighted by atomic mass is 16.7. The molecule has 3 aromatic carbocycles. The Kier molecular flexibility index (Phi) is 6.02. The average molecular weight is 462 g/mol. The highest BCUT2D eigenvalue weighted by Crippen LogP contribution is 2.44. The standard InChI is InChI=1S/C27H26O7/c1-31-24-14-19(28)9-6-16(24)7-10-22(18-8-11-23-25(13-18)33-15-32-23)34-26-20-5-3-2-4-17(20)12-21(26)27(29)30/h2-6,8-9,11,13-14,21-22,26,28H,7,10,12,15H2,1H3,(H,29,30). The molecule has 3 aromatic rings. The summed E-state index contributed by atoms with van der Waals surface area (Å²) in [5, 5.41) is 19.7. The first-order chi connectivity index (χ1) is 16.5. The monoisotopic (exact) mass is 462 g/mol. The number of phenolic OH excluding ortho intramolecular Hbond substituents is 1. The molecule has 0 fully saturated rings. The second-order valence-corrected chi connectivity index (χ2v) is 8.54. The molecule has 1 aliphatic heterocycles. The van der Waals surface area contributed by atoms with Gasteiger partial charge in [0.2, 0.25) is 6.79 Å². The van der Waals surface area contributed by atoms with Crippen LogP contribution in [0.25, 0.3) is 0 Å². The van der Waals surface area contributed by atoms with Crippen LogP contribution in [0.2, 0.25) is 0 Å². The Morgan fingerprint density at radius 2 is 1.91 bits per heavy atom. The summed E-state index contributed by atoms with van der Waals surface area (Å²) >= 11 is 0. The Bertz CT molecular complexity index is 1210. The van der Waals surface area contributed by atoms with E-state index in [1.807, 2.05) is 48.5 Å². The molecule has 34 heavy (non-hydrogen) atoms. The topological polar surface area (TPSA) is 94.5 Å². The molecule has 0 amide bonds. The first kappa shape index (κ1) is 22.1. The van der Waals surface area contributed by atoms with E-state index >= 15 is 0 Å². The van der Waals surface area contributed by atoms with Crippen molar-refractivity contribution in [1.82, 2.24) is 0 Å². The third-order valence-corrected chi connectivity index (χ3v) is 6.51. The van der Waals surface area contributed by atoms with E-state index in [1.165, 1.54) is 0 Å². The Labute approximate surface area is 197 Å². The van der Waals surface area contributed by atoms with Crippen molar-refractivity contribution in [3.63, 3.8) is 0 Å². The molecule has 2 aliphatic rings. The van der Waals surface area contributed by atoms with Gasteiger partial charge in [-0.3, -0.25) is 4.79 Å². The van der Waals surface area contributed by atoms with E-state index in [9.17, 15) is 15.0 Å². The zero-order valence-electron chi connectivity index (χ0n) is 18.8. The summed E-state index contributed by atoms with van der Waals surface area (Å²) in [6.07, 6.45) is 0.660. The molecule has 1 heterocycles. The summed E-state index contributed by atoms with van der Waals surface area (Å²) in [5.41, 5.74) is 3.74. The lowest BCUT2D eigenvalue weighted by Crippen LogP contribution is -2.22. The molecule has 0 radical (unpaired) electrons. The Morgan fingerprint density at radius 1 is 1.09 bits per heavy atom. The van der Waals surface area contributed by atoms with Gasteiger partial charge in [0.25, 0.3) is 0 Å². The van der Waals surface area contributed by atoms with Gasteiger partial charge in [-0.05, 0) is 59.7 Å². The number of carboxylic acids is 1. The highest BCUT2D eigenvalue weighted by molar-refractivity contribution is 5.73. The number of aromatic hydroxyl groups is 1. The van der Waals surface area contributed by atoms with Gasteiger partial charge < -0.3 is 29.2 Å². The van der Waals surface area contributed by atoms with Gasteiger partial charge in [-0.15, -0.1) is 0 Å². The van der Waals surface area contributed by atoms with Crippen molar-refractivity contribution in [2.45, 2.75) is 31.5 Å². The highest BCUT2D eigenvalue weighted by Gasteiger charge is 2.39. The second kappa shape index (κ2) is 9.27. The van der Waals surface area contributed by atoms with Crippen molar-refractivity contribution in [2.75, 3.05) is 13.9 Å². The first-order valence-corrected chi connectivity index (χ1v) is 11.2. The van der Waals surface area contributed by atoms with Gasteiger partial charge in [0.05, 0.1) is 25.2 Å². The molecule has 3 atom stereocenters. The number of hydrogen-bond acceptors (Lipinski definition) is 6. The fourth-order valence-corrected chi connectivity index (χ4v) is 4.77. The largest absolute Gasteiger partial charge is 0.508 e. The number of aryl methyl sites for hydroxylation is 1. The number of hydrogen-bond donors (Lipinski definition) is 2. The third kappa shape index (κ3) is 4.26. The SMILES string of the molecule is COc1cc(O)ccc1CCC(OC1c2ccccc2CC1C(=O)O)c1ccc2c(c1)OCO2. The lowest BCUT2D eigenvalue weighted by molar-refractivity contribution is -0.149. The fourth-order valence-electron chi connectivity index (χ4n) is 4.77.